The van der Waals surface area contributed by atoms with Gasteiger partial charge in [-0.1, -0.05) is 25.8 Å². The van der Waals surface area contributed by atoms with Gasteiger partial charge in [-0.2, -0.15) is 0 Å². The predicted molar refractivity (Wildman–Crippen MR) is 83.2 cm³/mol. The van der Waals surface area contributed by atoms with Crippen molar-refractivity contribution in [2.75, 3.05) is 14.1 Å². The largest absolute Gasteiger partial charge is 0.302 e. The molecule has 0 amide bonds. The van der Waals surface area contributed by atoms with Gasteiger partial charge in [0.25, 0.3) is 0 Å². The van der Waals surface area contributed by atoms with Gasteiger partial charge in [-0.05, 0) is 44.3 Å². The first kappa shape index (κ1) is 15.0. The van der Waals surface area contributed by atoms with Gasteiger partial charge in [-0.25, -0.2) is 0 Å². The maximum Gasteiger partial charge on any atom is 0.0442 e. The van der Waals surface area contributed by atoms with E-state index in [4.69, 9.17) is 5.84 Å². The molecule has 1 fully saturated rings. The summed E-state index contributed by atoms with van der Waals surface area (Å²) < 4.78 is 0. The highest BCUT2D eigenvalue weighted by Gasteiger charge is 2.43. The standard InChI is InChI=1S/C15H27N3S/c1-12-6-4-8-15(11-12,18(2)3)14(17-16)10-13-7-5-9-19-13/h5,7,9,12,14,17H,4,6,8,10-11,16H2,1-3H3. The number of nitrogens with two attached hydrogens (primary N) is 1. The molecule has 108 valence electrons. The fraction of sp³-hybridized carbons (Fsp3) is 0.733. The van der Waals surface area contributed by atoms with E-state index < -0.39 is 0 Å². The monoisotopic (exact) mass is 281 g/mol. The summed E-state index contributed by atoms with van der Waals surface area (Å²) in [5.74, 6) is 6.70. The Bertz CT molecular complexity index is 377. The van der Waals surface area contributed by atoms with Crippen molar-refractivity contribution in [1.82, 2.24) is 10.3 Å². The number of thiophene rings is 1. The molecule has 0 aliphatic heterocycles. The predicted octanol–water partition coefficient (Wildman–Crippen LogP) is 2.63. The maximum absolute atomic E-state index is 5.92. The van der Waals surface area contributed by atoms with E-state index in [1.54, 1.807) is 0 Å². The first-order valence-electron chi connectivity index (χ1n) is 7.24. The summed E-state index contributed by atoms with van der Waals surface area (Å²) in [5, 5.41) is 2.15. The minimum absolute atomic E-state index is 0.191. The molecule has 19 heavy (non-hydrogen) atoms. The average Bonchev–Trinajstić information content (AvgIpc) is 2.88. The van der Waals surface area contributed by atoms with Crippen LogP contribution in [0.5, 0.6) is 0 Å². The third-order valence-corrected chi connectivity index (χ3v) is 5.63. The van der Waals surface area contributed by atoms with Crippen LogP contribution in [0.4, 0.5) is 0 Å². The molecular formula is C15H27N3S. The molecule has 3 N–H and O–H groups in total. The minimum atomic E-state index is 0.191. The molecule has 1 aliphatic rings. The lowest BCUT2D eigenvalue weighted by Gasteiger charge is -2.50. The lowest BCUT2D eigenvalue weighted by Crippen LogP contribution is -2.63. The highest BCUT2D eigenvalue weighted by Crippen LogP contribution is 2.39. The molecular weight excluding hydrogens is 254 g/mol. The van der Waals surface area contributed by atoms with Crippen LogP contribution in [0.1, 0.15) is 37.5 Å². The summed E-state index contributed by atoms with van der Waals surface area (Å²) in [6.07, 6.45) is 6.16. The Labute approximate surface area is 121 Å². The molecule has 1 aromatic rings. The van der Waals surface area contributed by atoms with E-state index in [0.29, 0.717) is 6.04 Å². The number of likely N-dealkylation sites (N-methyl/N-ethyl adjacent to an activating group) is 1. The molecule has 3 unspecified atom stereocenters. The lowest BCUT2D eigenvalue weighted by atomic mass is 9.70. The fourth-order valence-electron chi connectivity index (χ4n) is 3.63. The highest BCUT2D eigenvalue weighted by molar-refractivity contribution is 7.09. The Balaban J connectivity index is 2.20. The third kappa shape index (κ3) is 3.19. The lowest BCUT2D eigenvalue weighted by molar-refractivity contribution is 0.0376. The summed E-state index contributed by atoms with van der Waals surface area (Å²) >= 11 is 1.83. The van der Waals surface area contributed by atoms with Gasteiger partial charge >= 0.3 is 0 Å². The molecule has 0 saturated heterocycles. The average molecular weight is 281 g/mol. The molecule has 4 heteroatoms. The Kier molecular flexibility index (Phi) is 5.01. The molecule has 1 aromatic heterocycles. The van der Waals surface area contributed by atoms with Crippen molar-refractivity contribution in [3.8, 4) is 0 Å². The summed E-state index contributed by atoms with van der Waals surface area (Å²) in [7, 11) is 4.41. The minimum Gasteiger partial charge on any atom is -0.302 e. The van der Waals surface area contributed by atoms with E-state index in [0.717, 1.165) is 12.3 Å². The van der Waals surface area contributed by atoms with Crippen LogP contribution in [0.2, 0.25) is 0 Å². The quantitative estimate of drug-likeness (QED) is 0.644. The molecule has 0 bridgehead atoms. The summed E-state index contributed by atoms with van der Waals surface area (Å²) in [4.78, 5) is 3.82. The number of rotatable bonds is 5. The van der Waals surface area contributed by atoms with Gasteiger partial charge < -0.3 is 4.90 Å². The number of nitrogens with zero attached hydrogens (tertiary/aromatic N) is 1. The molecule has 0 aromatic carbocycles. The topological polar surface area (TPSA) is 41.3 Å². The maximum atomic E-state index is 5.92. The summed E-state index contributed by atoms with van der Waals surface area (Å²) in [5.41, 5.74) is 3.31. The fourth-order valence-corrected chi connectivity index (χ4v) is 4.38. The zero-order valence-electron chi connectivity index (χ0n) is 12.4. The first-order chi connectivity index (χ1) is 9.08. The van der Waals surface area contributed by atoms with Gasteiger partial charge in [0.1, 0.15) is 0 Å². The van der Waals surface area contributed by atoms with Gasteiger partial charge in [-0.15, -0.1) is 11.3 Å². The van der Waals surface area contributed by atoms with Crippen LogP contribution in [0, 0.1) is 5.92 Å². The second-order valence-corrected chi connectivity index (χ2v) is 7.23. The second kappa shape index (κ2) is 6.35. The van der Waals surface area contributed by atoms with E-state index >= 15 is 0 Å². The van der Waals surface area contributed by atoms with Crippen molar-refractivity contribution in [2.24, 2.45) is 11.8 Å². The smallest absolute Gasteiger partial charge is 0.0442 e. The third-order valence-electron chi connectivity index (χ3n) is 4.73. The molecule has 3 atom stereocenters. The second-order valence-electron chi connectivity index (χ2n) is 6.20. The van der Waals surface area contributed by atoms with Crippen molar-refractivity contribution in [3.05, 3.63) is 22.4 Å². The Morgan fingerprint density at radius 2 is 2.37 bits per heavy atom. The summed E-state index contributed by atoms with van der Waals surface area (Å²) in [6, 6.07) is 4.66. The first-order valence-corrected chi connectivity index (χ1v) is 8.12. The Hall–Kier alpha value is -0.420. The van der Waals surface area contributed by atoms with E-state index in [-0.39, 0.29) is 5.54 Å². The van der Waals surface area contributed by atoms with Crippen molar-refractivity contribution in [1.29, 1.82) is 0 Å². The van der Waals surface area contributed by atoms with E-state index in [1.807, 2.05) is 11.3 Å². The van der Waals surface area contributed by atoms with Crippen LogP contribution in [0.3, 0.4) is 0 Å². The molecule has 2 rings (SSSR count). The van der Waals surface area contributed by atoms with E-state index in [9.17, 15) is 0 Å². The molecule has 0 radical (unpaired) electrons. The number of hydrazine groups is 1. The number of hydrogen-bond acceptors (Lipinski definition) is 4. The van der Waals surface area contributed by atoms with Gasteiger partial charge in [0, 0.05) is 22.9 Å². The zero-order chi connectivity index (χ0) is 13.9. The van der Waals surface area contributed by atoms with Crippen molar-refractivity contribution in [2.45, 2.75) is 50.6 Å². The van der Waals surface area contributed by atoms with Crippen molar-refractivity contribution >= 4 is 11.3 Å². The van der Waals surface area contributed by atoms with Crippen LogP contribution in [-0.4, -0.2) is 30.6 Å². The van der Waals surface area contributed by atoms with Gasteiger partial charge in [0.15, 0.2) is 0 Å². The van der Waals surface area contributed by atoms with Crippen LogP contribution in [0.25, 0.3) is 0 Å². The normalized spacial score (nSPS) is 29.6. The highest BCUT2D eigenvalue weighted by atomic mass is 32.1. The number of nitrogens with one attached hydrogen (secondary N) is 1. The van der Waals surface area contributed by atoms with Crippen LogP contribution in [-0.2, 0) is 6.42 Å². The zero-order valence-corrected chi connectivity index (χ0v) is 13.2. The van der Waals surface area contributed by atoms with Crippen molar-refractivity contribution < 1.29 is 0 Å². The SMILES string of the molecule is CC1CCCC(C(Cc2cccs2)NN)(N(C)C)C1. The van der Waals surface area contributed by atoms with Gasteiger partial charge in [0.05, 0.1) is 0 Å². The van der Waals surface area contributed by atoms with Crippen LogP contribution >= 0.6 is 11.3 Å². The van der Waals surface area contributed by atoms with Gasteiger partial charge in [0.2, 0.25) is 0 Å². The van der Waals surface area contributed by atoms with Gasteiger partial charge in [-0.3, -0.25) is 11.3 Å². The van der Waals surface area contributed by atoms with Crippen LogP contribution in [0.15, 0.2) is 17.5 Å². The Morgan fingerprint density at radius 1 is 1.58 bits per heavy atom. The summed E-state index contributed by atoms with van der Waals surface area (Å²) in [6.45, 7) is 2.37. The molecule has 3 nitrogen and oxygen atoms in total. The van der Waals surface area contributed by atoms with E-state index in [2.05, 4.69) is 48.9 Å². The molecule has 1 heterocycles. The number of hydrogen-bond donors (Lipinski definition) is 2. The Morgan fingerprint density at radius 3 is 2.89 bits per heavy atom. The van der Waals surface area contributed by atoms with E-state index in [1.165, 1.54) is 30.6 Å². The molecule has 0 spiro atoms. The van der Waals surface area contributed by atoms with Crippen molar-refractivity contribution in [3.63, 3.8) is 0 Å². The molecule has 1 saturated carbocycles. The molecule has 1 aliphatic carbocycles. The van der Waals surface area contributed by atoms with Crippen LogP contribution < -0.4 is 11.3 Å².